The van der Waals surface area contributed by atoms with Gasteiger partial charge in [0.1, 0.15) is 11.4 Å². The standard InChI is InChI=1S/C19H21N3O3S/c1-25-15-4-6-16(7-5-15)26(23,24)22-11-8-14(9-12-22)18-13-21-19-17(18)3-2-10-20-19/h2-7,10,13-14H,8-9,11-12H2,1H3,(H,20,21). The molecule has 6 nitrogen and oxygen atoms in total. The van der Waals surface area contributed by atoms with Gasteiger partial charge in [0.05, 0.1) is 12.0 Å². The van der Waals surface area contributed by atoms with Gasteiger partial charge in [0.15, 0.2) is 0 Å². The van der Waals surface area contributed by atoms with E-state index in [9.17, 15) is 8.42 Å². The third kappa shape index (κ3) is 2.97. The van der Waals surface area contributed by atoms with Gasteiger partial charge in [-0.25, -0.2) is 13.4 Å². The van der Waals surface area contributed by atoms with Gasteiger partial charge in [0, 0.05) is 30.9 Å². The molecular weight excluding hydrogens is 350 g/mol. The molecule has 2 aromatic heterocycles. The molecule has 0 saturated carbocycles. The minimum absolute atomic E-state index is 0.313. The molecule has 1 aliphatic heterocycles. The van der Waals surface area contributed by atoms with Crippen molar-refractivity contribution in [2.75, 3.05) is 20.2 Å². The lowest BCUT2D eigenvalue weighted by Crippen LogP contribution is -2.37. The number of sulfonamides is 1. The van der Waals surface area contributed by atoms with Crippen LogP contribution in [0.15, 0.2) is 53.7 Å². The number of piperidine rings is 1. The average Bonchev–Trinajstić information content (AvgIpc) is 3.12. The van der Waals surface area contributed by atoms with Crippen LogP contribution in [-0.4, -0.2) is 42.9 Å². The summed E-state index contributed by atoms with van der Waals surface area (Å²) in [7, 11) is -1.90. The van der Waals surface area contributed by atoms with E-state index in [0.717, 1.165) is 23.9 Å². The van der Waals surface area contributed by atoms with Crippen LogP contribution in [0, 0.1) is 0 Å². The Morgan fingerprint density at radius 2 is 1.88 bits per heavy atom. The molecule has 0 spiro atoms. The summed E-state index contributed by atoms with van der Waals surface area (Å²) in [4.78, 5) is 7.85. The first kappa shape index (κ1) is 17.1. The average molecular weight is 371 g/mol. The quantitative estimate of drug-likeness (QED) is 0.764. The third-order valence-electron chi connectivity index (χ3n) is 5.07. The van der Waals surface area contributed by atoms with Crippen LogP contribution in [0.4, 0.5) is 0 Å². The number of methoxy groups -OCH3 is 1. The van der Waals surface area contributed by atoms with Crippen molar-refractivity contribution in [3.05, 3.63) is 54.4 Å². The maximum Gasteiger partial charge on any atom is 0.243 e. The fourth-order valence-corrected chi connectivity index (χ4v) is 5.09. The zero-order valence-corrected chi connectivity index (χ0v) is 15.4. The van der Waals surface area contributed by atoms with E-state index in [1.165, 1.54) is 5.56 Å². The van der Waals surface area contributed by atoms with Gasteiger partial charge < -0.3 is 9.72 Å². The molecule has 1 aromatic carbocycles. The van der Waals surface area contributed by atoms with Crippen molar-refractivity contribution in [1.29, 1.82) is 0 Å². The topological polar surface area (TPSA) is 75.3 Å². The first-order chi connectivity index (χ1) is 12.6. The van der Waals surface area contributed by atoms with E-state index in [2.05, 4.69) is 16.0 Å². The Bertz CT molecular complexity index is 1000. The van der Waals surface area contributed by atoms with Crippen LogP contribution in [0.5, 0.6) is 5.75 Å². The zero-order chi connectivity index (χ0) is 18.1. The molecule has 0 bridgehead atoms. The normalized spacial score (nSPS) is 16.8. The highest BCUT2D eigenvalue weighted by molar-refractivity contribution is 7.89. The molecule has 0 radical (unpaired) electrons. The number of hydrogen-bond acceptors (Lipinski definition) is 4. The van der Waals surface area contributed by atoms with E-state index in [-0.39, 0.29) is 0 Å². The number of H-pyrrole nitrogens is 1. The number of rotatable bonds is 4. The second-order valence-electron chi connectivity index (χ2n) is 6.50. The van der Waals surface area contributed by atoms with Gasteiger partial charge >= 0.3 is 0 Å². The summed E-state index contributed by atoms with van der Waals surface area (Å²) in [6.45, 7) is 1.04. The first-order valence-electron chi connectivity index (χ1n) is 8.66. The predicted octanol–water partition coefficient (Wildman–Crippen LogP) is 3.14. The molecule has 136 valence electrons. The molecule has 1 aliphatic rings. The van der Waals surface area contributed by atoms with Gasteiger partial charge in [-0.3, -0.25) is 0 Å². The van der Waals surface area contributed by atoms with E-state index < -0.39 is 10.0 Å². The number of nitrogens with zero attached hydrogens (tertiary/aromatic N) is 2. The van der Waals surface area contributed by atoms with Crippen molar-refractivity contribution in [3.8, 4) is 5.75 Å². The Labute approximate surface area is 152 Å². The van der Waals surface area contributed by atoms with Crippen molar-refractivity contribution in [1.82, 2.24) is 14.3 Å². The lowest BCUT2D eigenvalue weighted by Gasteiger charge is -2.31. The largest absolute Gasteiger partial charge is 0.497 e. The highest BCUT2D eigenvalue weighted by atomic mass is 32.2. The first-order valence-corrected chi connectivity index (χ1v) is 10.1. The number of pyridine rings is 1. The number of aromatic nitrogens is 2. The van der Waals surface area contributed by atoms with Crippen molar-refractivity contribution in [2.45, 2.75) is 23.7 Å². The molecule has 0 atom stereocenters. The molecule has 1 fully saturated rings. The lowest BCUT2D eigenvalue weighted by molar-refractivity contribution is 0.320. The molecule has 1 saturated heterocycles. The van der Waals surface area contributed by atoms with E-state index in [4.69, 9.17) is 4.74 Å². The summed E-state index contributed by atoms with van der Waals surface area (Å²) in [5.74, 6) is 0.992. The van der Waals surface area contributed by atoms with Crippen LogP contribution < -0.4 is 4.74 Å². The SMILES string of the molecule is COc1ccc(S(=O)(=O)N2CCC(c3c[nH]c4ncccc34)CC2)cc1. The Morgan fingerprint density at radius 1 is 1.15 bits per heavy atom. The smallest absolute Gasteiger partial charge is 0.243 e. The summed E-state index contributed by atoms with van der Waals surface area (Å²) in [5.41, 5.74) is 2.12. The summed E-state index contributed by atoms with van der Waals surface area (Å²) in [6, 6.07) is 10.6. The molecule has 26 heavy (non-hydrogen) atoms. The molecule has 0 unspecified atom stereocenters. The maximum atomic E-state index is 12.9. The molecule has 0 amide bonds. The van der Waals surface area contributed by atoms with Gasteiger partial charge in [0.2, 0.25) is 10.0 Å². The summed E-state index contributed by atoms with van der Waals surface area (Å²) >= 11 is 0. The van der Waals surface area contributed by atoms with E-state index in [0.29, 0.717) is 29.7 Å². The molecule has 3 aromatic rings. The van der Waals surface area contributed by atoms with Crippen LogP contribution >= 0.6 is 0 Å². The van der Waals surface area contributed by atoms with Crippen molar-refractivity contribution >= 4 is 21.1 Å². The van der Waals surface area contributed by atoms with E-state index in [1.54, 1.807) is 41.9 Å². The van der Waals surface area contributed by atoms with Crippen LogP contribution in [0.3, 0.4) is 0 Å². The number of hydrogen-bond donors (Lipinski definition) is 1. The third-order valence-corrected chi connectivity index (χ3v) is 6.99. The second-order valence-corrected chi connectivity index (χ2v) is 8.44. The highest BCUT2D eigenvalue weighted by Gasteiger charge is 2.30. The van der Waals surface area contributed by atoms with E-state index in [1.807, 2.05) is 12.3 Å². The molecule has 1 N–H and O–H groups in total. The number of fused-ring (bicyclic) bond motifs is 1. The van der Waals surface area contributed by atoms with Crippen LogP contribution in [0.2, 0.25) is 0 Å². The fourth-order valence-electron chi connectivity index (χ4n) is 3.62. The molecule has 4 rings (SSSR count). The van der Waals surface area contributed by atoms with Crippen LogP contribution in [0.1, 0.15) is 24.3 Å². The Morgan fingerprint density at radius 3 is 2.58 bits per heavy atom. The number of ether oxygens (including phenoxy) is 1. The van der Waals surface area contributed by atoms with Gasteiger partial charge in [-0.2, -0.15) is 4.31 Å². The highest BCUT2D eigenvalue weighted by Crippen LogP contribution is 2.34. The van der Waals surface area contributed by atoms with Crippen LogP contribution in [0.25, 0.3) is 11.0 Å². The number of aromatic amines is 1. The van der Waals surface area contributed by atoms with Crippen molar-refractivity contribution < 1.29 is 13.2 Å². The Balaban J connectivity index is 1.50. The molecule has 0 aliphatic carbocycles. The zero-order valence-electron chi connectivity index (χ0n) is 14.6. The summed E-state index contributed by atoms with van der Waals surface area (Å²) in [5, 5.41) is 1.13. The minimum atomic E-state index is -3.46. The Hall–Kier alpha value is -2.38. The second kappa shape index (κ2) is 6.74. The maximum absolute atomic E-state index is 12.9. The van der Waals surface area contributed by atoms with Crippen molar-refractivity contribution in [3.63, 3.8) is 0 Å². The summed E-state index contributed by atoms with van der Waals surface area (Å²) < 4.78 is 32.4. The summed E-state index contributed by atoms with van der Waals surface area (Å²) in [6.07, 6.45) is 5.39. The number of benzene rings is 1. The Kier molecular flexibility index (Phi) is 4.42. The van der Waals surface area contributed by atoms with Gasteiger partial charge in [-0.1, -0.05) is 0 Å². The fraction of sp³-hybridized carbons (Fsp3) is 0.316. The molecule has 7 heteroatoms. The van der Waals surface area contributed by atoms with Gasteiger partial charge in [-0.05, 0) is 60.7 Å². The molecular formula is C19H21N3O3S. The van der Waals surface area contributed by atoms with Gasteiger partial charge in [-0.15, -0.1) is 0 Å². The van der Waals surface area contributed by atoms with Crippen molar-refractivity contribution in [2.24, 2.45) is 0 Å². The number of nitrogens with one attached hydrogen (secondary N) is 1. The minimum Gasteiger partial charge on any atom is -0.497 e. The monoisotopic (exact) mass is 371 g/mol. The van der Waals surface area contributed by atoms with Crippen LogP contribution in [-0.2, 0) is 10.0 Å². The van der Waals surface area contributed by atoms with Gasteiger partial charge in [0.25, 0.3) is 0 Å². The molecule has 3 heterocycles. The van der Waals surface area contributed by atoms with E-state index >= 15 is 0 Å². The lowest BCUT2D eigenvalue weighted by atomic mass is 9.90. The predicted molar refractivity (Wildman–Crippen MR) is 99.8 cm³/mol.